The van der Waals surface area contributed by atoms with E-state index in [1.807, 2.05) is 18.2 Å². The van der Waals surface area contributed by atoms with Crippen molar-refractivity contribution in [3.8, 4) is 11.8 Å². The van der Waals surface area contributed by atoms with E-state index in [2.05, 4.69) is 17.2 Å². The van der Waals surface area contributed by atoms with Crippen LogP contribution in [0.4, 0.5) is 0 Å². The number of amides is 2. The molecule has 1 fully saturated rings. The SMILES string of the molecule is NCCCC#Cc1cccc2c1CN(C1CCC(=O)NC1=O)C2O. The Bertz CT molecular complexity index is 720. The van der Waals surface area contributed by atoms with Crippen LogP contribution in [0.5, 0.6) is 0 Å². The fourth-order valence-corrected chi connectivity index (χ4v) is 3.22. The minimum absolute atomic E-state index is 0.256. The lowest BCUT2D eigenvalue weighted by Gasteiger charge is -2.31. The molecule has 0 radical (unpaired) electrons. The zero-order valence-electron chi connectivity index (χ0n) is 13.4. The zero-order chi connectivity index (χ0) is 17.1. The number of fused-ring (bicyclic) bond motifs is 1. The van der Waals surface area contributed by atoms with Crippen LogP contribution in [0.3, 0.4) is 0 Å². The molecule has 6 nitrogen and oxygen atoms in total. The fourth-order valence-electron chi connectivity index (χ4n) is 3.22. The van der Waals surface area contributed by atoms with Gasteiger partial charge in [-0.15, -0.1) is 0 Å². The number of nitrogens with two attached hydrogens (primary N) is 1. The summed E-state index contributed by atoms with van der Waals surface area (Å²) in [5, 5.41) is 13.0. The predicted octanol–water partition coefficient (Wildman–Crippen LogP) is 0.389. The number of benzene rings is 1. The lowest BCUT2D eigenvalue weighted by atomic mass is 10.0. The summed E-state index contributed by atoms with van der Waals surface area (Å²) in [6, 6.07) is 5.15. The summed E-state index contributed by atoms with van der Waals surface area (Å²) in [5.74, 6) is 5.65. The van der Waals surface area contributed by atoms with Crippen molar-refractivity contribution in [3.05, 3.63) is 34.9 Å². The molecule has 0 saturated carbocycles. The number of hydrogen-bond donors (Lipinski definition) is 3. The molecule has 24 heavy (non-hydrogen) atoms. The van der Waals surface area contributed by atoms with Gasteiger partial charge in [0.1, 0.15) is 6.23 Å². The third kappa shape index (κ3) is 3.20. The van der Waals surface area contributed by atoms with Crippen molar-refractivity contribution >= 4 is 11.8 Å². The van der Waals surface area contributed by atoms with Crippen molar-refractivity contribution in [2.75, 3.05) is 6.54 Å². The summed E-state index contributed by atoms with van der Waals surface area (Å²) in [6.07, 6.45) is 1.46. The van der Waals surface area contributed by atoms with Crippen LogP contribution >= 0.6 is 0 Å². The third-order valence-corrected chi connectivity index (χ3v) is 4.48. The standard InChI is InChI=1S/C18H21N3O3/c19-10-3-1-2-5-12-6-4-7-13-14(12)11-21(18(13)24)15-8-9-16(22)20-17(15)23/h4,6-7,15,18,24H,1,3,8-11,19H2,(H,20,22,23). The molecule has 1 saturated heterocycles. The Balaban J connectivity index is 1.81. The maximum Gasteiger partial charge on any atom is 0.244 e. The molecule has 2 aliphatic heterocycles. The summed E-state index contributed by atoms with van der Waals surface area (Å²) < 4.78 is 0. The maximum atomic E-state index is 12.1. The Morgan fingerprint density at radius 1 is 1.38 bits per heavy atom. The van der Waals surface area contributed by atoms with Crippen molar-refractivity contribution in [1.29, 1.82) is 0 Å². The number of rotatable bonds is 3. The average Bonchev–Trinajstić information content (AvgIpc) is 2.89. The molecule has 126 valence electrons. The average molecular weight is 327 g/mol. The quantitative estimate of drug-likeness (QED) is 0.424. The first kappa shape index (κ1) is 16.7. The number of imide groups is 1. The molecule has 2 unspecified atom stereocenters. The van der Waals surface area contributed by atoms with Crippen LogP contribution in [0.2, 0.25) is 0 Å². The molecular weight excluding hydrogens is 306 g/mol. The van der Waals surface area contributed by atoms with Crippen LogP contribution < -0.4 is 11.1 Å². The Kier molecular flexibility index (Phi) is 4.95. The fraction of sp³-hybridized carbons (Fsp3) is 0.444. The predicted molar refractivity (Wildman–Crippen MR) is 88.3 cm³/mol. The van der Waals surface area contributed by atoms with Crippen molar-refractivity contribution in [1.82, 2.24) is 10.2 Å². The van der Waals surface area contributed by atoms with E-state index >= 15 is 0 Å². The van der Waals surface area contributed by atoms with Crippen LogP contribution in [-0.2, 0) is 16.1 Å². The van der Waals surface area contributed by atoms with Gasteiger partial charge in [-0.2, -0.15) is 0 Å². The highest BCUT2D eigenvalue weighted by atomic mass is 16.3. The second kappa shape index (κ2) is 7.14. The Morgan fingerprint density at radius 3 is 2.96 bits per heavy atom. The number of aliphatic hydroxyl groups excluding tert-OH is 1. The first-order chi connectivity index (χ1) is 11.6. The molecule has 0 spiro atoms. The van der Waals surface area contributed by atoms with Gasteiger partial charge in [-0.1, -0.05) is 24.0 Å². The highest BCUT2D eigenvalue weighted by molar-refractivity contribution is 6.00. The third-order valence-electron chi connectivity index (χ3n) is 4.48. The van der Waals surface area contributed by atoms with Crippen LogP contribution in [0.15, 0.2) is 18.2 Å². The van der Waals surface area contributed by atoms with Crippen LogP contribution in [0.1, 0.15) is 48.6 Å². The van der Waals surface area contributed by atoms with Gasteiger partial charge in [0.05, 0.1) is 6.04 Å². The minimum atomic E-state index is -0.852. The summed E-state index contributed by atoms with van der Waals surface area (Å²) in [5.41, 5.74) is 8.08. The summed E-state index contributed by atoms with van der Waals surface area (Å²) in [6.45, 7) is 1.06. The molecule has 1 aromatic rings. The minimum Gasteiger partial charge on any atom is -0.374 e. The van der Waals surface area contributed by atoms with Gasteiger partial charge in [0.2, 0.25) is 11.8 Å². The second-order valence-corrected chi connectivity index (χ2v) is 6.08. The molecule has 6 heteroatoms. The van der Waals surface area contributed by atoms with Gasteiger partial charge < -0.3 is 10.8 Å². The van der Waals surface area contributed by atoms with Gasteiger partial charge >= 0.3 is 0 Å². The van der Waals surface area contributed by atoms with E-state index in [0.29, 0.717) is 25.9 Å². The smallest absolute Gasteiger partial charge is 0.244 e. The summed E-state index contributed by atoms with van der Waals surface area (Å²) in [7, 11) is 0. The van der Waals surface area contributed by atoms with Crippen molar-refractivity contribution in [2.45, 2.75) is 44.5 Å². The molecule has 2 aliphatic rings. The van der Waals surface area contributed by atoms with Gasteiger partial charge in [-0.25, -0.2) is 0 Å². The van der Waals surface area contributed by atoms with Crippen LogP contribution in [-0.4, -0.2) is 34.4 Å². The molecule has 4 N–H and O–H groups in total. The Morgan fingerprint density at radius 2 is 2.21 bits per heavy atom. The number of aliphatic hydroxyl groups is 1. The first-order valence-corrected chi connectivity index (χ1v) is 8.20. The molecule has 0 bridgehead atoms. The Hall–Kier alpha value is -2.20. The van der Waals surface area contributed by atoms with Gasteiger partial charge in [-0.05, 0) is 31.0 Å². The normalized spacial score (nSPS) is 23.4. The lowest BCUT2D eigenvalue weighted by Crippen LogP contribution is -2.51. The van der Waals surface area contributed by atoms with E-state index < -0.39 is 12.3 Å². The Labute approximate surface area is 141 Å². The highest BCUT2D eigenvalue weighted by Gasteiger charge is 2.40. The monoisotopic (exact) mass is 327 g/mol. The molecule has 0 aromatic heterocycles. The maximum absolute atomic E-state index is 12.1. The summed E-state index contributed by atoms with van der Waals surface area (Å²) >= 11 is 0. The topological polar surface area (TPSA) is 95.7 Å². The van der Waals surface area contributed by atoms with E-state index in [0.717, 1.165) is 29.5 Å². The largest absolute Gasteiger partial charge is 0.374 e. The van der Waals surface area contributed by atoms with Gasteiger partial charge in [0.15, 0.2) is 0 Å². The first-order valence-electron chi connectivity index (χ1n) is 8.20. The van der Waals surface area contributed by atoms with Gasteiger partial charge in [0.25, 0.3) is 0 Å². The highest BCUT2D eigenvalue weighted by Crippen LogP contribution is 2.36. The number of carbonyl (C=O) groups is 2. The molecule has 1 aromatic carbocycles. The number of piperidine rings is 1. The van der Waals surface area contributed by atoms with Crippen molar-refractivity contribution in [3.63, 3.8) is 0 Å². The number of nitrogens with zero attached hydrogens (tertiary/aromatic N) is 1. The van der Waals surface area contributed by atoms with E-state index in [9.17, 15) is 14.7 Å². The zero-order valence-corrected chi connectivity index (χ0v) is 13.4. The number of hydrogen-bond acceptors (Lipinski definition) is 5. The van der Waals surface area contributed by atoms with E-state index in [1.54, 1.807) is 4.90 Å². The molecule has 2 heterocycles. The second-order valence-electron chi connectivity index (χ2n) is 6.08. The van der Waals surface area contributed by atoms with Gasteiger partial charge in [0, 0.05) is 30.5 Å². The molecule has 2 amide bonds. The number of carbonyl (C=O) groups excluding carboxylic acids is 2. The van der Waals surface area contributed by atoms with Gasteiger partial charge in [-0.3, -0.25) is 19.8 Å². The molecule has 3 rings (SSSR count). The van der Waals surface area contributed by atoms with Crippen molar-refractivity contribution in [2.24, 2.45) is 5.73 Å². The van der Waals surface area contributed by atoms with E-state index in [-0.39, 0.29) is 11.8 Å². The van der Waals surface area contributed by atoms with Crippen LogP contribution in [0.25, 0.3) is 0 Å². The number of unbranched alkanes of at least 4 members (excludes halogenated alkanes) is 1. The number of nitrogens with one attached hydrogen (secondary N) is 1. The molecule has 0 aliphatic carbocycles. The van der Waals surface area contributed by atoms with E-state index in [1.165, 1.54) is 0 Å². The van der Waals surface area contributed by atoms with Crippen molar-refractivity contribution < 1.29 is 14.7 Å². The van der Waals surface area contributed by atoms with E-state index in [4.69, 9.17) is 5.73 Å². The molecule has 2 atom stereocenters. The van der Waals surface area contributed by atoms with Crippen LogP contribution in [0, 0.1) is 11.8 Å². The lowest BCUT2D eigenvalue weighted by molar-refractivity contribution is -0.141. The molecular formula is C18H21N3O3. The summed E-state index contributed by atoms with van der Waals surface area (Å²) in [4.78, 5) is 25.1.